The summed E-state index contributed by atoms with van der Waals surface area (Å²) in [6.07, 6.45) is 1.48. The van der Waals surface area contributed by atoms with E-state index < -0.39 is 0 Å². The van der Waals surface area contributed by atoms with Crippen LogP contribution >= 0.6 is 0 Å². The lowest BCUT2D eigenvalue weighted by atomic mass is 10.4. The first-order valence-electron chi connectivity index (χ1n) is 4.30. The summed E-state index contributed by atoms with van der Waals surface area (Å²) < 4.78 is 8.13. The van der Waals surface area contributed by atoms with E-state index in [9.17, 15) is 4.79 Å². The van der Waals surface area contributed by atoms with Crippen LogP contribution < -0.4 is 5.69 Å². The standard InChI is InChI=1S/C9H11N3O2/c1-7-3-4-8(14-7)5-12-9(13)11(2)6-10-12/h3-4,6H,5H2,1-2H3. The van der Waals surface area contributed by atoms with E-state index in [1.807, 2.05) is 19.1 Å². The van der Waals surface area contributed by atoms with Gasteiger partial charge in [0.15, 0.2) is 0 Å². The van der Waals surface area contributed by atoms with Gasteiger partial charge in [0.25, 0.3) is 0 Å². The van der Waals surface area contributed by atoms with E-state index in [1.54, 1.807) is 7.05 Å². The molecule has 0 atom stereocenters. The van der Waals surface area contributed by atoms with Crippen LogP contribution in [0.1, 0.15) is 11.5 Å². The van der Waals surface area contributed by atoms with Crippen molar-refractivity contribution in [1.29, 1.82) is 0 Å². The highest BCUT2D eigenvalue weighted by Crippen LogP contribution is 2.06. The molecule has 2 heterocycles. The average molecular weight is 193 g/mol. The van der Waals surface area contributed by atoms with Crippen LogP contribution in [-0.2, 0) is 13.6 Å². The molecular formula is C9H11N3O2. The molecule has 0 aliphatic carbocycles. The topological polar surface area (TPSA) is 53.0 Å². The second kappa shape index (κ2) is 3.17. The molecule has 0 spiro atoms. The van der Waals surface area contributed by atoms with Crippen LogP contribution in [0.25, 0.3) is 0 Å². The van der Waals surface area contributed by atoms with E-state index in [2.05, 4.69) is 5.10 Å². The summed E-state index contributed by atoms with van der Waals surface area (Å²) >= 11 is 0. The van der Waals surface area contributed by atoms with Gasteiger partial charge in [0, 0.05) is 7.05 Å². The van der Waals surface area contributed by atoms with Crippen molar-refractivity contribution in [2.24, 2.45) is 7.05 Å². The molecule has 2 aromatic heterocycles. The van der Waals surface area contributed by atoms with Gasteiger partial charge in [-0.25, -0.2) is 9.48 Å². The zero-order valence-corrected chi connectivity index (χ0v) is 8.10. The third-order valence-corrected chi connectivity index (χ3v) is 1.99. The Balaban J connectivity index is 2.27. The van der Waals surface area contributed by atoms with Crippen molar-refractivity contribution in [3.05, 3.63) is 40.5 Å². The van der Waals surface area contributed by atoms with Crippen molar-refractivity contribution in [3.8, 4) is 0 Å². The highest BCUT2D eigenvalue weighted by molar-refractivity contribution is 5.05. The minimum atomic E-state index is -0.140. The van der Waals surface area contributed by atoms with Gasteiger partial charge >= 0.3 is 5.69 Å². The minimum absolute atomic E-state index is 0.140. The van der Waals surface area contributed by atoms with Crippen molar-refractivity contribution in [2.75, 3.05) is 0 Å². The molecule has 0 bridgehead atoms. The fourth-order valence-electron chi connectivity index (χ4n) is 1.25. The number of furan rings is 1. The number of aromatic nitrogens is 3. The molecule has 0 N–H and O–H groups in total. The monoisotopic (exact) mass is 193 g/mol. The van der Waals surface area contributed by atoms with Gasteiger partial charge in [0.05, 0.1) is 0 Å². The minimum Gasteiger partial charge on any atom is -0.464 e. The molecule has 0 aliphatic rings. The second-order valence-electron chi connectivity index (χ2n) is 3.19. The van der Waals surface area contributed by atoms with Crippen LogP contribution in [0.5, 0.6) is 0 Å². The fourth-order valence-corrected chi connectivity index (χ4v) is 1.25. The average Bonchev–Trinajstić information content (AvgIpc) is 2.67. The van der Waals surface area contributed by atoms with E-state index in [4.69, 9.17) is 4.42 Å². The highest BCUT2D eigenvalue weighted by atomic mass is 16.3. The van der Waals surface area contributed by atoms with Crippen LogP contribution in [0.4, 0.5) is 0 Å². The maximum Gasteiger partial charge on any atom is 0.345 e. The van der Waals surface area contributed by atoms with Gasteiger partial charge < -0.3 is 4.42 Å². The summed E-state index contributed by atoms with van der Waals surface area (Å²) in [6, 6.07) is 3.71. The molecule has 0 amide bonds. The predicted molar refractivity (Wildman–Crippen MR) is 50.0 cm³/mol. The van der Waals surface area contributed by atoms with E-state index >= 15 is 0 Å². The second-order valence-corrected chi connectivity index (χ2v) is 3.19. The SMILES string of the molecule is Cc1ccc(Cn2ncn(C)c2=O)o1. The number of hydrogen-bond acceptors (Lipinski definition) is 3. The quantitative estimate of drug-likeness (QED) is 0.699. The van der Waals surface area contributed by atoms with Crippen molar-refractivity contribution in [1.82, 2.24) is 14.3 Å². The van der Waals surface area contributed by atoms with Gasteiger partial charge in [-0.05, 0) is 19.1 Å². The smallest absolute Gasteiger partial charge is 0.345 e. The molecule has 0 aliphatic heterocycles. The van der Waals surface area contributed by atoms with Crippen molar-refractivity contribution in [3.63, 3.8) is 0 Å². The van der Waals surface area contributed by atoms with E-state index in [0.717, 1.165) is 11.5 Å². The molecule has 0 radical (unpaired) electrons. The van der Waals surface area contributed by atoms with Gasteiger partial charge in [0.1, 0.15) is 24.4 Å². The lowest BCUT2D eigenvalue weighted by Gasteiger charge is -1.94. The zero-order valence-electron chi connectivity index (χ0n) is 8.10. The molecule has 2 rings (SSSR count). The first-order valence-corrected chi connectivity index (χ1v) is 4.30. The molecule has 14 heavy (non-hydrogen) atoms. The van der Waals surface area contributed by atoms with E-state index in [1.165, 1.54) is 15.6 Å². The van der Waals surface area contributed by atoms with Gasteiger partial charge in [-0.15, -0.1) is 0 Å². The zero-order chi connectivity index (χ0) is 10.1. The Morgan fingerprint density at radius 2 is 2.29 bits per heavy atom. The first kappa shape index (κ1) is 8.80. The molecule has 0 unspecified atom stereocenters. The fraction of sp³-hybridized carbons (Fsp3) is 0.333. The Kier molecular flexibility index (Phi) is 1.99. The lowest BCUT2D eigenvalue weighted by molar-refractivity contribution is 0.454. The molecule has 5 nitrogen and oxygen atoms in total. The summed E-state index contributed by atoms with van der Waals surface area (Å²) in [5.41, 5.74) is -0.140. The Morgan fingerprint density at radius 1 is 1.50 bits per heavy atom. The van der Waals surface area contributed by atoms with E-state index in [-0.39, 0.29) is 5.69 Å². The van der Waals surface area contributed by atoms with Gasteiger partial charge in [-0.1, -0.05) is 0 Å². The third kappa shape index (κ3) is 1.48. The molecule has 74 valence electrons. The highest BCUT2D eigenvalue weighted by Gasteiger charge is 2.04. The Morgan fingerprint density at radius 3 is 2.79 bits per heavy atom. The maximum atomic E-state index is 11.4. The van der Waals surface area contributed by atoms with Crippen LogP contribution in [0.15, 0.2) is 27.7 Å². The summed E-state index contributed by atoms with van der Waals surface area (Å²) in [6.45, 7) is 2.25. The predicted octanol–water partition coefficient (Wildman–Crippen LogP) is 0.532. The molecule has 0 saturated heterocycles. The third-order valence-electron chi connectivity index (χ3n) is 1.99. The van der Waals surface area contributed by atoms with Crippen LogP contribution in [0, 0.1) is 6.92 Å². The number of nitrogens with zero attached hydrogens (tertiary/aromatic N) is 3. The van der Waals surface area contributed by atoms with Crippen LogP contribution in [-0.4, -0.2) is 14.3 Å². The van der Waals surface area contributed by atoms with Crippen LogP contribution in [0.2, 0.25) is 0 Å². The Labute approximate surface area is 80.6 Å². The molecule has 0 aromatic carbocycles. The van der Waals surface area contributed by atoms with E-state index in [0.29, 0.717) is 6.54 Å². The molecule has 0 fully saturated rings. The van der Waals surface area contributed by atoms with Crippen molar-refractivity contribution >= 4 is 0 Å². The summed E-state index contributed by atoms with van der Waals surface area (Å²) in [5.74, 6) is 1.58. The van der Waals surface area contributed by atoms with Gasteiger partial charge in [-0.3, -0.25) is 4.57 Å². The largest absolute Gasteiger partial charge is 0.464 e. The number of aryl methyl sites for hydroxylation is 2. The lowest BCUT2D eigenvalue weighted by Crippen LogP contribution is -2.23. The van der Waals surface area contributed by atoms with Crippen molar-refractivity contribution in [2.45, 2.75) is 13.5 Å². The molecule has 2 aromatic rings. The van der Waals surface area contributed by atoms with Gasteiger partial charge in [0.2, 0.25) is 0 Å². The number of hydrogen-bond donors (Lipinski definition) is 0. The summed E-state index contributed by atoms with van der Waals surface area (Å²) in [7, 11) is 1.67. The van der Waals surface area contributed by atoms with Gasteiger partial charge in [-0.2, -0.15) is 5.10 Å². The Hall–Kier alpha value is -1.78. The molecular weight excluding hydrogens is 182 g/mol. The molecule has 5 heteroatoms. The number of rotatable bonds is 2. The van der Waals surface area contributed by atoms with Crippen LogP contribution in [0.3, 0.4) is 0 Å². The maximum absolute atomic E-state index is 11.4. The summed E-state index contributed by atoms with van der Waals surface area (Å²) in [5, 5.41) is 3.93. The molecule has 0 saturated carbocycles. The normalized spacial score (nSPS) is 10.7. The summed E-state index contributed by atoms with van der Waals surface area (Å²) in [4.78, 5) is 11.4. The Bertz CT molecular complexity index is 492. The van der Waals surface area contributed by atoms with Crippen molar-refractivity contribution < 1.29 is 4.42 Å². The first-order chi connectivity index (χ1) is 6.66.